The molecule has 0 spiro atoms. The van der Waals surface area contributed by atoms with Gasteiger partial charge in [0, 0.05) is 10.7 Å². The summed E-state index contributed by atoms with van der Waals surface area (Å²) in [5.41, 5.74) is -0.545. The molecule has 1 aliphatic heterocycles. The van der Waals surface area contributed by atoms with Crippen LogP contribution < -0.4 is 10.6 Å². The van der Waals surface area contributed by atoms with Crippen molar-refractivity contribution in [2.24, 2.45) is 5.92 Å². The topological polar surface area (TPSA) is 105 Å². The van der Waals surface area contributed by atoms with Gasteiger partial charge < -0.3 is 15.4 Å². The molecule has 0 bridgehead atoms. The molecule has 0 unspecified atom stereocenters. The predicted octanol–water partition coefficient (Wildman–Crippen LogP) is 2.96. The van der Waals surface area contributed by atoms with Gasteiger partial charge in [-0.1, -0.05) is 25.4 Å². The van der Waals surface area contributed by atoms with E-state index in [9.17, 15) is 19.2 Å². The van der Waals surface area contributed by atoms with Crippen molar-refractivity contribution in [1.29, 1.82) is 0 Å². The van der Waals surface area contributed by atoms with Gasteiger partial charge in [0.1, 0.15) is 12.1 Å². The minimum atomic E-state index is -1.11. The van der Waals surface area contributed by atoms with Crippen molar-refractivity contribution < 1.29 is 23.9 Å². The fourth-order valence-electron chi connectivity index (χ4n) is 2.83. The zero-order chi connectivity index (χ0) is 21.8. The summed E-state index contributed by atoms with van der Waals surface area (Å²) in [6.45, 7) is 6.54. The first-order valence-corrected chi connectivity index (χ1v) is 9.79. The van der Waals surface area contributed by atoms with E-state index in [0.29, 0.717) is 23.0 Å². The van der Waals surface area contributed by atoms with Gasteiger partial charge in [-0.2, -0.15) is 0 Å². The van der Waals surface area contributed by atoms with Gasteiger partial charge in [0.25, 0.3) is 11.8 Å². The summed E-state index contributed by atoms with van der Waals surface area (Å²) in [5.74, 6) is -1.49. The quantitative estimate of drug-likeness (QED) is 0.494. The Morgan fingerprint density at radius 3 is 2.41 bits per heavy atom. The Morgan fingerprint density at radius 2 is 1.83 bits per heavy atom. The van der Waals surface area contributed by atoms with Crippen molar-refractivity contribution in [2.75, 3.05) is 11.9 Å². The molecule has 1 aliphatic rings. The van der Waals surface area contributed by atoms with Crippen LogP contribution in [0.15, 0.2) is 24.3 Å². The average molecular weight is 424 g/mol. The summed E-state index contributed by atoms with van der Waals surface area (Å²) in [4.78, 5) is 50.0. The Morgan fingerprint density at radius 1 is 1.21 bits per heavy atom. The Kier molecular flexibility index (Phi) is 7.24. The number of carbonyl (C=O) groups excluding carboxylic acids is 4. The summed E-state index contributed by atoms with van der Waals surface area (Å²) in [6, 6.07) is 5.81. The molecule has 158 valence electrons. The molecule has 0 radical (unpaired) electrons. The Balaban J connectivity index is 1.90. The maximum Gasteiger partial charge on any atom is 0.327 e. The average Bonchev–Trinajstić information content (AvgIpc) is 2.85. The van der Waals surface area contributed by atoms with Crippen molar-refractivity contribution in [3.8, 4) is 0 Å². The standard InChI is InChI=1S/C20H26ClN3O5/c1-12(2)9-10-20(4)18(27)24(19(28)23-20)11-16(25)29-13(3)17(26)22-15-7-5-14(21)6-8-15/h5-8,12-13H,9-11H2,1-4H3,(H,22,26)(H,23,28)/t13-,20+/m1/s1. The number of hydrogen-bond acceptors (Lipinski definition) is 5. The molecule has 1 aromatic rings. The Hall–Kier alpha value is -2.61. The van der Waals surface area contributed by atoms with Crippen LogP contribution in [0.4, 0.5) is 10.5 Å². The van der Waals surface area contributed by atoms with Crippen LogP contribution in [0.1, 0.15) is 40.5 Å². The maximum atomic E-state index is 12.6. The number of esters is 1. The molecule has 8 nitrogen and oxygen atoms in total. The summed E-state index contributed by atoms with van der Waals surface area (Å²) >= 11 is 5.79. The minimum absolute atomic E-state index is 0.371. The third-order valence-electron chi connectivity index (χ3n) is 4.64. The van der Waals surface area contributed by atoms with Crippen LogP contribution in [0.2, 0.25) is 5.02 Å². The van der Waals surface area contributed by atoms with Gasteiger partial charge in [0.2, 0.25) is 0 Å². The van der Waals surface area contributed by atoms with E-state index in [0.717, 1.165) is 11.3 Å². The number of anilines is 1. The lowest BCUT2D eigenvalue weighted by Crippen LogP contribution is -2.44. The number of imide groups is 1. The lowest BCUT2D eigenvalue weighted by molar-refractivity contribution is -0.155. The highest BCUT2D eigenvalue weighted by molar-refractivity contribution is 6.30. The molecule has 1 fully saturated rings. The normalized spacial score (nSPS) is 19.9. The largest absolute Gasteiger partial charge is 0.451 e. The maximum absolute atomic E-state index is 12.6. The first-order valence-electron chi connectivity index (χ1n) is 9.42. The summed E-state index contributed by atoms with van der Waals surface area (Å²) in [6.07, 6.45) is 0.120. The van der Waals surface area contributed by atoms with Gasteiger partial charge in [-0.05, 0) is 56.9 Å². The first-order chi connectivity index (χ1) is 13.5. The number of amides is 4. The van der Waals surface area contributed by atoms with Crippen LogP contribution in [-0.4, -0.2) is 46.9 Å². The number of hydrogen-bond donors (Lipinski definition) is 2. The van der Waals surface area contributed by atoms with Crippen molar-refractivity contribution in [1.82, 2.24) is 10.2 Å². The van der Waals surface area contributed by atoms with Crippen LogP contribution in [-0.2, 0) is 19.1 Å². The monoisotopic (exact) mass is 423 g/mol. The fraction of sp³-hybridized carbons (Fsp3) is 0.500. The van der Waals surface area contributed by atoms with E-state index >= 15 is 0 Å². The second-order valence-corrected chi connectivity index (χ2v) is 8.15. The van der Waals surface area contributed by atoms with Gasteiger partial charge >= 0.3 is 12.0 Å². The Labute approximate surface area is 174 Å². The van der Waals surface area contributed by atoms with Crippen LogP contribution in [0.5, 0.6) is 0 Å². The van der Waals surface area contributed by atoms with E-state index in [2.05, 4.69) is 10.6 Å². The van der Waals surface area contributed by atoms with Crippen LogP contribution in [0, 0.1) is 5.92 Å². The van der Waals surface area contributed by atoms with Crippen molar-refractivity contribution in [2.45, 2.75) is 52.2 Å². The van der Waals surface area contributed by atoms with E-state index in [1.807, 2.05) is 13.8 Å². The summed E-state index contributed by atoms with van der Waals surface area (Å²) in [5, 5.41) is 5.76. The third-order valence-corrected chi connectivity index (χ3v) is 4.90. The second kappa shape index (κ2) is 9.26. The number of nitrogens with one attached hydrogen (secondary N) is 2. The van der Waals surface area contributed by atoms with E-state index < -0.39 is 42.0 Å². The molecule has 0 aliphatic carbocycles. The molecule has 4 amide bonds. The number of carbonyl (C=O) groups is 4. The zero-order valence-electron chi connectivity index (χ0n) is 17.0. The first kappa shape index (κ1) is 22.7. The predicted molar refractivity (Wildman–Crippen MR) is 108 cm³/mol. The summed E-state index contributed by atoms with van der Waals surface area (Å²) < 4.78 is 5.08. The van der Waals surface area contributed by atoms with Gasteiger partial charge in [-0.15, -0.1) is 0 Å². The molecule has 9 heteroatoms. The number of halogens is 1. The lowest BCUT2D eigenvalue weighted by Gasteiger charge is -2.22. The van der Waals surface area contributed by atoms with Crippen LogP contribution in [0.25, 0.3) is 0 Å². The lowest BCUT2D eigenvalue weighted by atomic mass is 9.92. The number of urea groups is 1. The van der Waals surface area contributed by atoms with E-state index in [1.165, 1.54) is 6.92 Å². The molecule has 2 rings (SSSR count). The van der Waals surface area contributed by atoms with E-state index in [1.54, 1.807) is 31.2 Å². The third kappa shape index (κ3) is 5.93. The molecular formula is C20H26ClN3O5. The molecule has 2 atom stereocenters. The molecular weight excluding hydrogens is 398 g/mol. The van der Waals surface area contributed by atoms with E-state index in [4.69, 9.17) is 16.3 Å². The number of benzene rings is 1. The molecule has 29 heavy (non-hydrogen) atoms. The molecule has 1 aromatic carbocycles. The molecule has 0 aromatic heterocycles. The highest BCUT2D eigenvalue weighted by Crippen LogP contribution is 2.24. The van der Waals surface area contributed by atoms with Gasteiger partial charge in [-0.3, -0.25) is 19.3 Å². The van der Waals surface area contributed by atoms with Crippen LogP contribution in [0.3, 0.4) is 0 Å². The van der Waals surface area contributed by atoms with Gasteiger partial charge in [-0.25, -0.2) is 4.79 Å². The minimum Gasteiger partial charge on any atom is -0.451 e. The molecule has 1 saturated heterocycles. The van der Waals surface area contributed by atoms with Gasteiger partial charge in [0.15, 0.2) is 6.10 Å². The van der Waals surface area contributed by atoms with Crippen molar-refractivity contribution in [3.05, 3.63) is 29.3 Å². The number of nitrogens with zero attached hydrogens (tertiary/aromatic N) is 1. The van der Waals surface area contributed by atoms with E-state index in [-0.39, 0.29) is 0 Å². The molecule has 1 heterocycles. The SMILES string of the molecule is CC(C)CC[C@]1(C)NC(=O)N(CC(=O)O[C@H](C)C(=O)Nc2ccc(Cl)cc2)C1=O. The Bertz CT molecular complexity index is 796. The number of ether oxygens (including phenoxy) is 1. The van der Waals surface area contributed by atoms with Gasteiger partial charge in [0.05, 0.1) is 0 Å². The highest BCUT2D eigenvalue weighted by atomic mass is 35.5. The zero-order valence-corrected chi connectivity index (χ0v) is 17.7. The number of rotatable bonds is 8. The highest BCUT2D eigenvalue weighted by Gasteiger charge is 2.48. The fourth-order valence-corrected chi connectivity index (χ4v) is 2.96. The van der Waals surface area contributed by atoms with Crippen LogP contribution >= 0.6 is 11.6 Å². The smallest absolute Gasteiger partial charge is 0.327 e. The van der Waals surface area contributed by atoms with Crippen molar-refractivity contribution >= 4 is 41.1 Å². The molecule has 0 saturated carbocycles. The second-order valence-electron chi connectivity index (χ2n) is 7.71. The van der Waals surface area contributed by atoms with Crippen molar-refractivity contribution in [3.63, 3.8) is 0 Å². The summed E-state index contributed by atoms with van der Waals surface area (Å²) in [7, 11) is 0. The molecule has 2 N–H and O–H groups in total.